The Balaban J connectivity index is 1.67. The van der Waals surface area contributed by atoms with Crippen LogP contribution in [-0.2, 0) is 6.42 Å². The lowest BCUT2D eigenvalue weighted by atomic mass is 10.1. The SMILES string of the molecule is CCc1ccc(NC(=O)Nc2cnc(-n3c(C)nc(C)c3C)nc2)cc1. The monoisotopic (exact) mass is 350 g/mol. The first-order valence-corrected chi connectivity index (χ1v) is 8.50. The van der Waals surface area contributed by atoms with Crippen molar-refractivity contribution in [3.8, 4) is 5.95 Å². The van der Waals surface area contributed by atoms with Gasteiger partial charge in [-0.3, -0.25) is 4.57 Å². The highest BCUT2D eigenvalue weighted by atomic mass is 16.2. The third-order valence-electron chi connectivity index (χ3n) is 4.23. The van der Waals surface area contributed by atoms with Gasteiger partial charge in [0, 0.05) is 11.4 Å². The van der Waals surface area contributed by atoms with E-state index in [1.165, 1.54) is 5.56 Å². The molecule has 0 aliphatic rings. The van der Waals surface area contributed by atoms with Crippen LogP contribution in [0.5, 0.6) is 0 Å². The first-order chi connectivity index (χ1) is 12.5. The normalized spacial score (nSPS) is 10.6. The van der Waals surface area contributed by atoms with Gasteiger partial charge in [-0.15, -0.1) is 0 Å². The molecule has 1 aromatic carbocycles. The van der Waals surface area contributed by atoms with Gasteiger partial charge in [-0.1, -0.05) is 19.1 Å². The van der Waals surface area contributed by atoms with Crippen LogP contribution in [0.25, 0.3) is 5.95 Å². The Hall–Kier alpha value is -3.22. The number of aromatic nitrogens is 4. The molecule has 0 aliphatic carbocycles. The Kier molecular flexibility index (Phi) is 4.97. The Morgan fingerprint density at radius 1 is 1.00 bits per heavy atom. The van der Waals surface area contributed by atoms with Crippen molar-refractivity contribution in [2.45, 2.75) is 34.1 Å². The zero-order valence-corrected chi connectivity index (χ0v) is 15.4. The van der Waals surface area contributed by atoms with E-state index < -0.39 is 0 Å². The molecule has 0 fully saturated rings. The number of benzene rings is 1. The van der Waals surface area contributed by atoms with Crippen LogP contribution in [0.2, 0.25) is 0 Å². The van der Waals surface area contributed by atoms with Gasteiger partial charge in [0.2, 0.25) is 5.95 Å². The number of anilines is 2. The van der Waals surface area contributed by atoms with Crippen LogP contribution < -0.4 is 10.6 Å². The number of nitrogens with one attached hydrogen (secondary N) is 2. The van der Waals surface area contributed by atoms with E-state index in [1.54, 1.807) is 12.4 Å². The highest BCUT2D eigenvalue weighted by molar-refractivity contribution is 5.99. The molecule has 0 aliphatic heterocycles. The molecule has 0 saturated carbocycles. The molecule has 3 aromatic rings. The van der Waals surface area contributed by atoms with Crippen LogP contribution in [0.15, 0.2) is 36.7 Å². The van der Waals surface area contributed by atoms with Crippen LogP contribution in [0.1, 0.15) is 29.7 Å². The molecule has 0 spiro atoms. The minimum atomic E-state index is -0.337. The van der Waals surface area contributed by atoms with Crippen molar-refractivity contribution < 1.29 is 4.79 Å². The highest BCUT2D eigenvalue weighted by Gasteiger charge is 2.12. The number of hydrogen-bond acceptors (Lipinski definition) is 4. The maximum atomic E-state index is 12.1. The molecule has 7 heteroatoms. The molecule has 0 unspecified atom stereocenters. The lowest BCUT2D eigenvalue weighted by molar-refractivity contribution is 0.262. The van der Waals surface area contributed by atoms with Crippen molar-refractivity contribution in [1.82, 2.24) is 19.5 Å². The van der Waals surface area contributed by atoms with Gasteiger partial charge in [0.1, 0.15) is 5.82 Å². The highest BCUT2D eigenvalue weighted by Crippen LogP contribution is 2.15. The fourth-order valence-corrected chi connectivity index (χ4v) is 2.69. The van der Waals surface area contributed by atoms with Crippen LogP contribution in [0.4, 0.5) is 16.2 Å². The van der Waals surface area contributed by atoms with Gasteiger partial charge in [0.05, 0.1) is 23.8 Å². The molecule has 134 valence electrons. The van der Waals surface area contributed by atoms with E-state index >= 15 is 0 Å². The third-order valence-corrected chi connectivity index (χ3v) is 4.23. The summed E-state index contributed by atoms with van der Waals surface area (Å²) in [6.07, 6.45) is 4.12. The minimum Gasteiger partial charge on any atom is -0.308 e. The molecule has 0 atom stereocenters. The summed E-state index contributed by atoms with van der Waals surface area (Å²) in [5.74, 6) is 1.36. The number of carbonyl (C=O) groups is 1. The van der Waals surface area contributed by atoms with Crippen LogP contribution in [0.3, 0.4) is 0 Å². The smallest absolute Gasteiger partial charge is 0.308 e. The molecular formula is C19H22N6O. The standard InChI is InChI=1S/C19H22N6O/c1-5-15-6-8-16(9-7-15)23-19(26)24-17-10-20-18(21-11-17)25-13(3)12(2)22-14(25)4/h6-11H,5H2,1-4H3,(H2,23,24,26). The Labute approximate surface area is 152 Å². The van der Waals surface area contributed by atoms with Gasteiger partial charge in [-0.05, 0) is 44.9 Å². The average Bonchev–Trinajstić information content (AvgIpc) is 2.88. The molecule has 0 bridgehead atoms. The van der Waals surface area contributed by atoms with Crippen molar-refractivity contribution >= 4 is 17.4 Å². The van der Waals surface area contributed by atoms with Crippen molar-refractivity contribution in [3.63, 3.8) is 0 Å². The van der Waals surface area contributed by atoms with E-state index in [0.29, 0.717) is 11.6 Å². The molecule has 2 N–H and O–H groups in total. The molecule has 0 radical (unpaired) electrons. The second-order valence-corrected chi connectivity index (χ2v) is 6.07. The second kappa shape index (κ2) is 7.35. The van der Waals surface area contributed by atoms with Crippen molar-refractivity contribution in [1.29, 1.82) is 0 Å². The maximum Gasteiger partial charge on any atom is 0.323 e. The number of carbonyl (C=O) groups excluding carboxylic acids is 1. The number of aryl methyl sites for hydroxylation is 3. The van der Waals surface area contributed by atoms with E-state index in [9.17, 15) is 4.79 Å². The van der Waals surface area contributed by atoms with Crippen molar-refractivity contribution in [3.05, 3.63) is 59.4 Å². The van der Waals surface area contributed by atoms with E-state index in [-0.39, 0.29) is 6.03 Å². The number of rotatable bonds is 4. The maximum absolute atomic E-state index is 12.1. The number of urea groups is 1. The molecular weight excluding hydrogens is 328 g/mol. The van der Waals surface area contributed by atoms with Gasteiger partial charge in [0.15, 0.2) is 0 Å². The van der Waals surface area contributed by atoms with E-state index in [4.69, 9.17) is 0 Å². The summed E-state index contributed by atoms with van der Waals surface area (Å²) >= 11 is 0. The summed E-state index contributed by atoms with van der Waals surface area (Å²) in [5, 5.41) is 5.52. The summed E-state index contributed by atoms with van der Waals surface area (Å²) in [7, 11) is 0. The largest absolute Gasteiger partial charge is 0.323 e. The lowest BCUT2D eigenvalue weighted by Crippen LogP contribution is -2.19. The lowest BCUT2D eigenvalue weighted by Gasteiger charge is -2.09. The average molecular weight is 350 g/mol. The van der Waals surface area contributed by atoms with Crippen molar-refractivity contribution in [2.75, 3.05) is 10.6 Å². The zero-order valence-electron chi connectivity index (χ0n) is 15.4. The molecule has 2 heterocycles. The molecule has 2 aromatic heterocycles. The Morgan fingerprint density at radius 2 is 1.62 bits per heavy atom. The summed E-state index contributed by atoms with van der Waals surface area (Å²) in [4.78, 5) is 25.2. The van der Waals surface area contributed by atoms with Gasteiger partial charge >= 0.3 is 6.03 Å². The fourth-order valence-electron chi connectivity index (χ4n) is 2.69. The van der Waals surface area contributed by atoms with Crippen LogP contribution in [-0.4, -0.2) is 25.6 Å². The molecule has 7 nitrogen and oxygen atoms in total. The van der Waals surface area contributed by atoms with E-state index in [0.717, 1.165) is 29.3 Å². The number of hydrogen-bond donors (Lipinski definition) is 2. The zero-order chi connectivity index (χ0) is 18.7. The Bertz CT molecular complexity index is 912. The number of nitrogens with zero attached hydrogens (tertiary/aromatic N) is 4. The van der Waals surface area contributed by atoms with E-state index in [1.807, 2.05) is 49.6 Å². The van der Waals surface area contributed by atoms with Crippen molar-refractivity contribution in [2.24, 2.45) is 0 Å². The first-order valence-electron chi connectivity index (χ1n) is 8.50. The van der Waals surface area contributed by atoms with Gasteiger partial charge in [-0.2, -0.15) is 0 Å². The predicted octanol–water partition coefficient (Wildman–Crippen LogP) is 3.79. The predicted molar refractivity (Wildman–Crippen MR) is 102 cm³/mol. The second-order valence-electron chi connectivity index (χ2n) is 6.07. The Morgan fingerprint density at radius 3 is 2.15 bits per heavy atom. The first kappa shape index (κ1) is 17.6. The quantitative estimate of drug-likeness (QED) is 0.749. The topological polar surface area (TPSA) is 84.7 Å². The number of amides is 2. The summed E-state index contributed by atoms with van der Waals surface area (Å²) in [6.45, 7) is 7.92. The summed E-state index contributed by atoms with van der Waals surface area (Å²) in [5.41, 5.74) is 4.42. The van der Waals surface area contributed by atoms with Gasteiger partial charge < -0.3 is 10.6 Å². The van der Waals surface area contributed by atoms with Crippen LogP contribution >= 0.6 is 0 Å². The summed E-state index contributed by atoms with van der Waals surface area (Å²) in [6, 6.07) is 7.41. The molecule has 2 amide bonds. The summed E-state index contributed by atoms with van der Waals surface area (Å²) < 4.78 is 1.88. The number of imidazole rings is 1. The molecule has 0 saturated heterocycles. The van der Waals surface area contributed by atoms with Gasteiger partial charge in [0.25, 0.3) is 0 Å². The van der Waals surface area contributed by atoms with Gasteiger partial charge in [-0.25, -0.2) is 19.7 Å². The van der Waals surface area contributed by atoms with Crippen LogP contribution in [0, 0.1) is 20.8 Å². The fraction of sp³-hybridized carbons (Fsp3) is 0.263. The minimum absolute atomic E-state index is 0.337. The third kappa shape index (κ3) is 3.72. The molecule has 3 rings (SSSR count). The van der Waals surface area contributed by atoms with E-state index in [2.05, 4.69) is 32.5 Å². The molecule has 26 heavy (non-hydrogen) atoms.